The molecule has 1 N–H and O–H groups in total. The molecule has 0 aliphatic carbocycles. The Kier molecular flexibility index (Phi) is 8.41. The number of methoxy groups -OCH3 is 1. The number of carbonyl (C=O) groups excluding carboxylic acids is 1. The molecule has 2 aromatic carbocycles. The van der Waals surface area contributed by atoms with E-state index in [0.29, 0.717) is 30.7 Å². The van der Waals surface area contributed by atoms with Gasteiger partial charge in [0.25, 0.3) is 0 Å². The van der Waals surface area contributed by atoms with E-state index in [1.54, 1.807) is 12.1 Å². The Balaban J connectivity index is 1.58. The number of unbranched alkanes of at least 4 members (excludes halogenated alkanes) is 3. The van der Waals surface area contributed by atoms with Gasteiger partial charge in [0.05, 0.1) is 24.2 Å². The summed E-state index contributed by atoms with van der Waals surface area (Å²) in [5.74, 6) is -0.287. The predicted octanol–water partition coefficient (Wildman–Crippen LogP) is 3.53. The van der Waals surface area contributed by atoms with E-state index < -0.39 is 21.8 Å². The number of hydrogen-bond acceptors (Lipinski definition) is 5. The van der Waals surface area contributed by atoms with E-state index in [-0.39, 0.29) is 11.5 Å². The summed E-state index contributed by atoms with van der Waals surface area (Å²) in [6.07, 6.45) is 2.97. The Morgan fingerprint density at radius 2 is 1.61 bits per heavy atom. The van der Waals surface area contributed by atoms with Gasteiger partial charge >= 0.3 is 5.97 Å². The van der Waals surface area contributed by atoms with Crippen molar-refractivity contribution in [1.82, 2.24) is 4.72 Å². The molecule has 0 heterocycles. The second-order valence-electron chi connectivity index (χ2n) is 6.13. The maximum Gasteiger partial charge on any atom is 0.338 e. The number of halogens is 1. The molecule has 0 bridgehead atoms. The highest BCUT2D eigenvalue weighted by Crippen LogP contribution is 2.15. The topological polar surface area (TPSA) is 81.7 Å². The van der Waals surface area contributed by atoms with E-state index in [0.717, 1.165) is 12.8 Å². The molecule has 0 aromatic heterocycles. The highest BCUT2D eigenvalue weighted by molar-refractivity contribution is 7.89. The van der Waals surface area contributed by atoms with Gasteiger partial charge in [0, 0.05) is 6.54 Å². The summed E-state index contributed by atoms with van der Waals surface area (Å²) in [6, 6.07) is 11.4. The van der Waals surface area contributed by atoms with Gasteiger partial charge in [-0.15, -0.1) is 0 Å². The van der Waals surface area contributed by atoms with Crippen LogP contribution in [0.2, 0.25) is 0 Å². The molecule has 152 valence electrons. The Morgan fingerprint density at radius 3 is 2.25 bits per heavy atom. The highest BCUT2D eigenvalue weighted by atomic mass is 32.2. The first-order chi connectivity index (χ1) is 13.4. The van der Waals surface area contributed by atoms with E-state index in [1.807, 2.05) is 0 Å². The third-order valence-corrected chi connectivity index (χ3v) is 5.52. The predicted molar refractivity (Wildman–Crippen MR) is 103 cm³/mol. The fraction of sp³-hybridized carbons (Fsp3) is 0.350. The van der Waals surface area contributed by atoms with Crippen LogP contribution in [0.4, 0.5) is 4.39 Å². The summed E-state index contributed by atoms with van der Waals surface area (Å²) in [7, 11) is -2.01. The molecule has 2 aromatic rings. The molecule has 0 saturated heterocycles. The second-order valence-corrected chi connectivity index (χ2v) is 7.90. The van der Waals surface area contributed by atoms with Crippen LogP contribution in [0.1, 0.15) is 36.0 Å². The van der Waals surface area contributed by atoms with Gasteiger partial charge in [0.1, 0.15) is 11.6 Å². The van der Waals surface area contributed by atoms with Gasteiger partial charge in [-0.05, 0) is 61.4 Å². The molecule has 2 rings (SSSR count). The SMILES string of the molecule is COc1ccc(S(=O)(=O)NCCCCCCOC(=O)c2ccc(F)cc2)cc1. The van der Waals surface area contributed by atoms with Crippen molar-refractivity contribution < 1.29 is 27.1 Å². The van der Waals surface area contributed by atoms with Crippen LogP contribution in [-0.2, 0) is 14.8 Å². The fourth-order valence-corrected chi connectivity index (χ4v) is 3.53. The van der Waals surface area contributed by atoms with Crippen molar-refractivity contribution in [3.63, 3.8) is 0 Å². The van der Waals surface area contributed by atoms with Gasteiger partial charge in [0.2, 0.25) is 10.0 Å². The summed E-state index contributed by atoms with van der Waals surface area (Å²) < 4.78 is 49.8. The number of rotatable bonds is 11. The minimum absolute atomic E-state index is 0.195. The molecule has 6 nitrogen and oxygen atoms in total. The van der Waals surface area contributed by atoms with Crippen molar-refractivity contribution in [2.24, 2.45) is 0 Å². The zero-order chi connectivity index (χ0) is 20.4. The Bertz CT molecular complexity index is 851. The lowest BCUT2D eigenvalue weighted by atomic mass is 10.2. The van der Waals surface area contributed by atoms with Crippen molar-refractivity contribution in [2.45, 2.75) is 30.6 Å². The van der Waals surface area contributed by atoms with Gasteiger partial charge in [0.15, 0.2) is 0 Å². The lowest BCUT2D eigenvalue weighted by Crippen LogP contribution is -2.24. The molecule has 0 fully saturated rings. The van der Waals surface area contributed by atoms with Gasteiger partial charge in [-0.1, -0.05) is 12.8 Å². The smallest absolute Gasteiger partial charge is 0.338 e. The number of sulfonamides is 1. The summed E-state index contributed by atoms with van der Waals surface area (Å²) >= 11 is 0. The summed E-state index contributed by atoms with van der Waals surface area (Å²) in [5.41, 5.74) is 0.314. The lowest BCUT2D eigenvalue weighted by Gasteiger charge is -2.08. The second kappa shape index (κ2) is 10.8. The highest BCUT2D eigenvalue weighted by Gasteiger charge is 2.13. The zero-order valence-electron chi connectivity index (χ0n) is 15.7. The molecule has 0 atom stereocenters. The van der Waals surface area contributed by atoms with E-state index in [4.69, 9.17) is 9.47 Å². The molecule has 8 heteroatoms. The normalized spacial score (nSPS) is 11.2. The fourth-order valence-electron chi connectivity index (χ4n) is 2.46. The Labute approximate surface area is 164 Å². The maximum atomic E-state index is 12.8. The van der Waals surface area contributed by atoms with Crippen LogP contribution in [0.5, 0.6) is 5.75 Å². The molecule has 0 saturated carbocycles. The number of carbonyl (C=O) groups is 1. The Hall–Kier alpha value is -2.45. The molecule has 28 heavy (non-hydrogen) atoms. The monoisotopic (exact) mass is 409 g/mol. The molecular formula is C20H24FNO5S. The molecule has 0 unspecified atom stereocenters. The van der Waals surface area contributed by atoms with Gasteiger partial charge in [-0.3, -0.25) is 0 Å². The van der Waals surface area contributed by atoms with Gasteiger partial charge < -0.3 is 9.47 Å². The summed E-state index contributed by atoms with van der Waals surface area (Å²) in [6.45, 7) is 0.609. The van der Waals surface area contributed by atoms with Crippen LogP contribution in [0.25, 0.3) is 0 Å². The molecule has 0 radical (unpaired) electrons. The molecular weight excluding hydrogens is 385 g/mol. The first kappa shape index (κ1) is 21.8. The van der Waals surface area contributed by atoms with Crippen LogP contribution in [0.15, 0.2) is 53.4 Å². The number of hydrogen-bond donors (Lipinski definition) is 1. The largest absolute Gasteiger partial charge is 0.497 e. The van der Waals surface area contributed by atoms with Gasteiger partial charge in [-0.2, -0.15) is 0 Å². The van der Waals surface area contributed by atoms with E-state index in [9.17, 15) is 17.6 Å². The zero-order valence-corrected chi connectivity index (χ0v) is 16.5. The van der Waals surface area contributed by atoms with Crippen molar-refractivity contribution in [3.8, 4) is 5.75 Å². The van der Waals surface area contributed by atoms with Crippen LogP contribution < -0.4 is 9.46 Å². The molecule has 0 amide bonds. The van der Waals surface area contributed by atoms with Crippen molar-refractivity contribution in [2.75, 3.05) is 20.3 Å². The van der Waals surface area contributed by atoms with E-state index in [1.165, 1.54) is 43.5 Å². The maximum absolute atomic E-state index is 12.8. The third kappa shape index (κ3) is 6.94. The minimum Gasteiger partial charge on any atom is -0.497 e. The lowest BCUT2D eigenvalue weighted by molar-refractivity contribution is 0.0497. The van der Waals surface area contributed by atoms with Crippen molar-refractivity contribution >= 4 is 16.0 Å². The first-order valence-electron chi connectivity index (χ1n) is 8.99. The van der Waals surface area contributed by atoms with Crippen molar-refractivity contribution in [1.29, 1.82) is 0 Å². The summed E-state index contributed by atoms with van der Waals surface area (Å²) in [5, 5.41) is 0. The number of benzene rings is 2. The number of nitrogens with one attached hydrogen (secondary N) is 1. The molecule has 0 spiro atoms. The quantitative estimate of drug-likeness (QED) is 0.454. The van der Waals surface area contributed by atoms with Crippen LogP contribution in [0.3, 0.4) is 0 Å². The van der Waals surface area contributed by atoms with Crippen LogP contribution >= 0.6 is 0 Å². The standard InChI is InChI=1S/C20H24FNO5S/c1-26-18-10-12-19(13-11-18)28(24,25)22-14-4-2-3-5-15-27-20(23)16-6-8-17(21)9-7-16/h6-13,22H,2-5,14-15H2,1H3. The summed E-state index contributed by atoms with van der Waals surface area (Å²) in [4.78, 5) is 11.9. The average Bonchev–Trinajstić information content (AvgIpc) is 2.70. The van der Waals surface area contributed by atoms with Crippen LogP contribution in [0, 0.1) is 5.82 Å². The van der Waals surface area contributed by atoms with Crippen molar-refractivity contribution in [3.05, 3.63) is 59.9 Å². The van der Waals surface area contributed by atoms with Gasteiger partial charge in [-0.25, -0.2) is 22.3 Å². The number of ether oxygens (including phenoxy) is 2. The average molecular weight is 409 g/mol. The molecule has 0 aliphatic heterocycles. The Morgan fingerprint density at radius 1 is 0.964 bits per heavy atom. The molecule has 0 aliphatic rings. The van der Waals surface area contributed by atoms with E-state index in [2.05, 4.69) is 4.72 Å². The number of esters is 1. The van der Waals surface area contributed by atoms with Crippen LogP contribution in [-0.4, -0.2) is 34.6 Å². The minimum atomic E-state index is -3.53. The van der Waals surface area contributed by atoms with E-state index >= 15 is 0 Å². The third-order valence-electron chi connectivity index (χ3n) is 4.05. The first-order valence-corrected chi connectivity index (χ1v) is 10.5.